The van der Waals surface area contributed by atoms with Crippen LogP contribution < -0.4 is 16.0 Å². The fraction of sp³-hybridized carbons (Fsp3) is 0.512. The van der Waals surface area contributed by atoms with E-state index in [4.69, 9.17) is 10.5 Å². The van der Waals surface area contributed by atoms with Crippen molar-refractivity contribution < 1.29 is 9.18 Å². The maximum Gasteiger partial charge on any atom is 0.125 e. The van der Waals surface area contributed by atoms with Gasteiger partial charge in [0.15, 0.2) is 0 Å². The highest BCUT2D eigenvalue weighted by Crippen LogP contribution is 2.32. The molecule has 3 N–H and O–H groups in total. The number of nitrogens with two attached hydrogens (primary N) is 1. The first kappa shape index (κ1) is 39.7. The van der Waals surface area contributed by atoms with E-state index in [1.165, 1.54) is 47.6 Å². The molecule has 5 nitrogen and oxygen atoms in total. The first-order valence-corrected chi connectivity index (χ1v) is 17.5. The van der Waals surface area contributed by atoms with E-state index in [1.54, 1.807) is 12.1 Å². The molecule has 0 saturated carbocycles. The van der Waals surface area contributed by atoms with E-state index in [1.807, 2.05) is 13.0 Å². The Balaban J connectivity index is 0.000000863. The lowest BCUT2D eigenvalue weighted by Crippen LogP contribution is -2.29. The lowest BCUT2D eigenvalue weighted by Gasteiger charge is -2.30. The zero-order valence-electron chi connectivity index (χ0n) is 30.2. The fourth-order valence-electron chi connectivity index (χ4n) is 5.51. The molecule has 6 heteroatoms. The minimum atomic E-state index is -0.170. The van der Waals surface area contributed by atoms with Crippen molar-refractivity contribution in [2.24, 2.45) is 16.1 Å². The van der Waals surface area contributed by atoms with Gasteiger partial charge < -0.3 is 20.7 Å². The van der Waals surface area contributed by atoms with Gasteiger partial charge in [-0.3, -0.25) is 4.99 Å². The number of allylic oxidation sites excluding steroid dienone is 2. The van der Waals surface area contributed by atoms with Crippen LogP contribution in [0.3, 0.4) is 0 Å². The van der Waals surface area contributed by atoms with Crippen molar-refractivity contribution in [3.63, 3.8) is 0 Å². The van der Waals surface area contributed by atoms with Gasteiger partial charge in [-0.25, -0.2) is 4.39 Å². The van der Waals surface area contributed by atoms with Crippen molar-refractivity contribution in [1.82, 2.24) is 0 Å². The third-order valence-electron chi connectivity index (χ3n) is 8.80. The maximum absolute atomic E-state index is 14.6. The van der Waals surface area contributed by atoms with E-state index in [-0.39, 0.29) is 17.9 Å². The fourth-order valence-corrected chi connectivity index (χ4v) is 5.51. The number of fused-ring (bicyclic) bond motifs is 1. The summed E-state index contributed by atoms with van der Waals surface area (Å²) in [5, 5.41) is 6.09. The number of nitrogens with one attached hydrogen (secondary N) is 1. The number of benzene rings is 3. The van der Waals surface area contributed by atoms with E-state index < -0.39 is 0 Å². The van der Waals surface area contributed by atoms with Crippen LogP contribution in [0.15, 0.2) is 71.2 Å². The Morgan fingerprint density at radius 2 is 1.68 bits per heavy atom. The minimum absolute atomic E-state index is 0.0261. The number of carbonyl (C=O) groups excluding carboxylic acids is 1. The molecule has 0 radical (unpaired) electrons. The van der Waals surface area contributed by atoms with Crippen LogP contribution in [0.5, 0.6) is 0 Å². The van der Waals surface area contributed by atoms with Gasteiger partial charge in [-0.15, -0.1) is 0 Å². The molecule has 0 aliphatic carbocycles. The number of carbonyl (C=O) groups is 1. The third-order valence-corrected chi connectivity index (χ3v) is 8.80. The average molecular weight is 645 g/mol. The molecule has 0 amide bonds. The lowest BCUT2D eigenvalue weighted by molar-refractivity contribution is -0.0980. The number of halogens is 1. The zero-order chi connectivity index (χ0) is 34.8. The Hall–Kier alpha value is -3.51. The van der Waals surface area contributed by atoms with Gasteiger partial charge in [0.1, 0.15) is 12.6 Å². The molecule has 3 aromatic carbocycles. The maximum atomic E-state index is 14.6. The molecule has 0 bridgehead atoms. The molecular weight excluding hydrogens is 583 g/mol. The van der Waals surface area contributed by atoms with Crippen LogP contribution in [0.1, 0.15) is 111 Å². The van der Waals surface area contributed by atoms with Crippen molar-refractivity contribution >= 4 is 35.2 Å². The molecular formula is C41H61FN4O. The number of anilines is 2. The van der Waals surface area contributed by atoms with Crippen LogP contribution in [0, 0.1) is 11.2 Å². The summed E-state index contributed by atoms with van der Waals surface area (Å²) in [4.78, 5) is 14.8. The van der Waals surface area contributed by atoms with Crippen molar-refractivity contribution in [3.05, 3.63) is 83.2 Å². The normalized spacial score (nSPS) is 15.0. The second-order valence-corrected chi connectivity index (χ2v) is 14.0. The molecule has 258 valence electrons. The summed E-state index contributed by atoms with van der Waals surface area (Å²) in [6.07, 6.45) is 12.9. The van der Waals surface area contributed by atoms with E-state index in [2.05, 4.69) is 112 Å². The molecule has 2 atom stereocenters. The highest BCUT2D eigenvalue weighted by Gasteiger charge is 2.16. The Bertz CT molecular complexity index is 1400. The Labute approximate surface area is 284 Å². The van der Waals surface area contributed by atoms with E-state index in [0.29, 0.717) is 5.41 Å². The van der Waals surface area contributed by atoms with Crippen LogP contribution >= 0.6 is 0 Å². The van der Waals surface area contributed by atoms with Crippen LogP contribution in [-0.2, 0) is 11.2 Å². The standard InChI is InChI=1S/C34H45FN4.C6H14.CH2O/c1-4-10-30(36)16-18-37-17-15-25(2)21-27-13-14-34(33-12-7-6-11-32(27)33)38-26(3)28-22-29(35)24-31(23-28)39-19-8-5-9-20-39;1-5-6(2,3)4;1-2/h6-7,11-15,17,22-24,26,30,38H,4-5,8-10,16,18-21,36H2,1-3H3;5H2,1-4H3;1H2/b25-15+,37-17?;;. The Morgan fingerprint density at radius 3 is 2.32 bits per heavy atom. The van der Waals surface area contributed by atoms with Crippen LogP contribution in [-0.4, -0.2) is 38.7 Å². The molecule has 0 aromatic heterocycles. The van der Waals surface area contributed by atoms with Gasteiger partial charge in [-0.05, 0) is 105 Å². The van der Waals surface area contributed by atoms with Gasteiger partial charge in [-0.1, -0.05) is 83.4 Å². The Morgan fingerprint density at radius 1 is 1.02 bits per heavy atom. The molecule has 1 fully saturated rings. The third kappa shape index (κ3) is 14.0. The molecule has 3 aromatic rings. The highest BCUT2D eigenvalue weighted by molar-refractivity contribution is 5.96. The number of aliphatic imine (C=N–C) groups is 1. The van der Waals surface area contributed by atoms with Gasteiger partial charge in [0.05, 0.1) is 0 Å². The van der Waals surface area contributed by atoms with Crippen molar-refractivity contribution in [3.8, 4) is 0 Å². The number of hydrogen-bond acceptors (Lipinski definition) is 5. The SMILES string of the molecule is C=O.CCC(C)(C)C.CCCC(N)CCN=C/C=C(\C)Cc1ccc(NC(C)c2cc(F)cc(N3CCCCC3)c2)c2ccccc12. The molecule has 1 saturated heterocycles. The van der Waals surface area contributed by atoms with E-state index in [9.17, 15) is 4.39 Å². The summed E-state index contributed by atoms with van der Waals surface area (Å²) in [6.45, 7) is 20.1. The summed E-state index contributed by atoms with van der Waals surface area (Å²) in [5.74, 6) is -0.170. The summed E-state index contributed by atoms with van der Waals surface area (Å²) in [5.41, 5.74) is 12.2. The quantitative estimate of drug-likeness (QED) is 0.193. The first-order valence-electron chi connectivity index (χ1n) is 17.5. The number of nitrogens with zero attached hydrogens (tertiary/aromatic N) is 2. The van der Waals surface area contributed by atoms with Crippen LogP contribution in [0.2, 0.25) is 0 Å². The van der Waals surface area contributed by atoms with Crippen LogP contribution in [0.4, 0.5) is 15.8 Å². The van der Waals surface area contributed by atoms with Gasteiger partial charge in [0.2, 0.25) is 0 Å². The minimum Gasteiger partial charge on any atom is -0.378 e. The monoisotopic (exact) mass is 644 g/mol. The van der Waals surface area contributed by atoms with Gasteiger partial charge in [0, 0.05) is 54.7 Å². The Kier molecular flexibility index (Phi) is 17.4. The van der Waals surface area contributed by atoms with Gasteiger partial charge in [0.25, 0.3) is 0 Å². The molecule has 1 aliphatic rings. The number of hydrogen-bond donors (Lipinski definition) is 2. The average Bonchev–Trinajstić information content (AvgIpc) is 3.07. The molecule has 4 rings (SSSR count). The molecule has 0 spiro atoms. The van der Waals surface area contributed by atoms with Crippen molar-refractivity contribution in [1.29, 1.82) is 0 Å². The van der Waals surface area contributed by atoms with Crippen LogP contribution in [0.25, 0.3) is 10.8 Å². The second-order valence-electron chi connectivity index (χ2n) is 14.0. The topological polar surface area (TPSA) is 70.7 Å². The summed E-state index contributed by atoms with van der Waals surface area (Å²) in [7, 11) is 0. The van der Waals surface area contributed by atoms with Crippen molar-refractivity contribution in [2.45, 2.75) is 112 Å². The second kappa shape index (κ2) is 20.7. The number of rotatable bonds is 12. The summed E-state index contributed by atoms with van der Waals surface area (Å²) >= 11 is 0. The highest BCUT2D eigenvalue weighted by atomic mass is 19.1. The first-order chi connectivity index (χ1) is 22.5. The largest absolute Gasteiger partial charge is 0.378 e. The summed E-state index contributed by atoms with van der Waals surface area (Å²) < 4.78 is 14.6. The predicted octanol–water partition coefficient (Wildman–Crippen LogP) is 10.5. The van der Waals surface area contributed by atoms with Crippen molar-refractivity contribution in [2.75, 3.05) is 29.9 Å². The number of piperidine rings is 1. The molecule has 1 aliphatic heterocycles. The van der Waals surface area contributed by atoms with E-state index in [0.717, 1.165) is 62.3 Å². The van der Waals surface area contributed by atoms with Gasteiger partial charge in [-0.2, -0.15) is 0 Å². The predicted molar refractivity (Wildman–Crippen MR) is 204 cm³/mol. The molecule has 1 heterocycles. The zero-order valence-corrected chi connectivity index (χ0v) is 30.2. The molecule has 47 heavy (non-hydrogen) atoms. The molecule has 2 unspecified atom stereocenters. The lowest BCUT2D eigenvalue weighted by atomic mass is 9.94. The van der Waals surface area contributed by atoms with E-state index >= 15 is 0 Å². The summed E-state index contributed by atoms with van der Waals surface area (Å²) in [6, 6.07) is 18.6. The smallest absolute Gasteiger partial charge is 0.125 e. The van der Waals surface area contributed by atoms with Gasteiger partial charge >= 0.3 is 0 Å².